The van der Waals surface area contributed by atoms with E-state index in [1.54, 1.807) is 37.9 Å². The minimum absolute atomic E-state index is 0.0752. The molecule has 10 heteroatoms. The fourth-order valence-electron chi connectivity index (χ4n) is 5.48. The Kier molecular flexibility index (Phi) is 11.2. The number of rotatable bonds is 9. The van der Waals surface area contributed by atoms with Crippen LogP contribution in [0.5, 0.6) is 0 Å². The lowest BCUT2D eigenvalue weighted by Gasteiger charge is -2.37. The zero-order valence-corrected chi connectivity index (χ0v) is 26.2. The third-order valence-electron chi connectivity index (χ3n) is 7.70. The Bertz CT molecular complexity index is 1260. The molecule has 234 valence electrons. The Morgan fingerprint density at radius 1 is 0.953 bits per heavy atom. The molecule has 0 atom stereocenters. The van der Waals surface area contributed by atoms with Crippen LogP contribution >= 0.6 is 0 Å². The zero-order valence-electron chi connectivity index (χ0n) is 26.2. The molecule has 2 aliphatic heterocycles. The van der Waals surface area contributed by atoms with Crippen LogP contribution in [0.25, 0.3) is 11.1 Å². The lowest BCUT2D eigenvalue weighted by atomic mass is 10.0. The number of carbonyl (C=O) groups is 3. The molecule has 0 unspecified atom stereocenters. The maximum absolute atomic E-state index is 13.7. The Morgan fingerprint density at radius 3 is 2.26 bits per heavy atom. The highest BCUT2D eigenvalue weighted by Gasteiger charge is 2.30. The van der Waals surface area contributed by atoms with E-state index in [0.717, 1.165) is 56.3 Å². The van der Waals surface area contributed by atoms with Gasteiger partial charge < -0.3 is 19.1 Å². The van der Waals surface area contributed by atoms with Crippen molar-refractivity contribution in [1.82, 2.24) is 14.8 Å². The summed E-state index contributed by atoms with van der Waals surface area (Å²) in [6.45, 7) is 12.7. The molecule has 43 heavy (non-hydrogen) atoms. The average molecular weight is 595 g/mol. The normalized spacial score (nSPS) is 17.0. The first kappa shape index (κ1) is 32.4. The van der Waals surface area contributed by atoms with Crippen LogP contribution in [0.3, 0.4) is 0 Å². The number of ether oxygens (including phenoxy) is 3. The summed E-state index contributed by atoms with van der Waals surface area (Å²) >= 11 is 0. The summed E-state index contributed by atoms with van der Waals surface area (Å²) in [5, 5.41) is 2.78. The second kappa shape index (κ2) is 14.8. The molecule has 4 rings (SSSR count). The number of pyridine rings is 1. The number of esters is 1. The van der Waals surface area contributed by atoms with Crippen molar-refractivity contribution in [3.63, 3.8) is 0 Å². The molecule has 1 aromatic carbocycles. The van der Waals surface area contributed by atoms with Gasteiger partial charge in [-0.3, -0.25) is 19.8 Å². The lowest BCUT2D eigenvalue weighted by Crippen LogP contribution is -2.44. The second-order valence-corrected chi connectivity index (χ2v) is 12.2. The van der Waals surface area contributed by atoms with E-state index in [4.69, 9.17) is 14.2 Å². The molecule has 2 fully saturated rings. The fourth-order valence-corrected chi connectivity index (χ4v) is 5.48. The number of benzene rings is 1. The molecule has 2 amide bonds. The number of amides is 2. The summed E-state index contributed by atoms with van der Waals surface area (Å²) in [7, 11) is 0. The summed E-state index contributed by atoms with van der Waals surface area (Å²) in [6.07, 6.45) is 5.37. The monoisotopic (exact) mass is 594 g/mol. The highest BCUT2D eigenvalue weighted by atomic mass is 16.6. The van der Waals surface area contributed by atoms with Crippen molar-refractivity contribution >= 4 is 23.7 Å². The topological polar surface area (TPSA) is 110 Å². The number of nitrogens with zero attached hydrogens (tertiary/aromatic N) is 3. The molecule has 0 saturated carbocycles. The number of aromatic nitrogens is 1. The predicted octanol–water partition coefficient (Wildman–Crippen LogP) is 5.31. The molecule has 1 N–H and O–H groups in total. The summed E-state index contributed by atoms with van der Waals surface area (Å²) in [4.78, 5) is 46.6. The average Bonchev–Trinajstić information content (AvgIpc) is 2.97. The number of piperidine rings is 2. The highest BCUT2D eigenvalue weighted by Crippen LogP contribution is 2.28. The predicted molar refractivity (Wildman–Crippen MR) is 165 cm³/mol. The summed E-state index contributed by atoms with van der Waals surface area (Å²) in [6, 6.07) is 9.93. The van der Waals surface area contributed by atoms with Crippen LogP contribution < -0.4 is 5.32 Å². The smallest absolute Gasteiger partial charge is 0.412 e. The Hall–Kier alpha value is -3.50. The van der Waals surface area contributed by atoms with E-state index in [2.05, 4.69) is 34.3 Å². The van der Waals surface area contributed by atoms with Gasteiger partial charge in [-0.2, -0.15) is 0 Å². The molecule has 3 heterocycles. The van der Waals surface area contributed by atoms with E-state index in [1.165, 1.54) is 5.56 Å². The van der Waals surface area contributed by atoms with Gasteiger partial charge in [-0.1, -0.05) is 31.2 Å². The number of hydrogen-bond acceptors (Lipinski definition) is 8. The number of carbonyl (C=O) groups excluding carboxylic acids is 3. The van der Waals surface area contributed by atoms with E-state index >= 15 is 0 Å². The molecule has 0 bridgehead atoms. The van der Waals surface area contributed by atoms with Crippen molar-refractivity contribution in [2.45, 2.75) is 84.5 Å². The van der Waals surface area contributed by atoms with Gasteiger partial charge in [-0.25, -0.2) is 9.78 Å². The van der Waals surface area contributed by atoms with Crippen molar-refractivity contribution in [2.24, 2.45) is 0 Å². The fraction of sp³-hybridized carbons (Fsp3) is 0.576. The first-order valence-electron chi connectivity index (χ1n) is 15.5. The van der Waals surface area contributed by atoms with Gasteiger partial charge in [-0.15, -0.1) is 0 Å². The minimum atomic E-state index is -0.686. The van der Waals surface area contributed by atoms with Crippen LogP contribution in [0.2, 0.25) is 0 Å². The van der Waals surface area contributed by atoms with Gasteiger partial charge in [0.05, 0.1) is 31.0 Å². The largest absolute Gasteiger partial charge is 0.465 e. The van der Waals surface area contributed by atoms with E-state index < -0.39 is 11.7 Å². The third kappa shape index (κ3) is 9.49. The van der Waals surface area contributed by atoms with Gasteiger partial charge in [-0.05, 0) is 77.0 Å². The van der Waals surface area contributed by atoms with Crippen molar-refractivity contribution < 1.29 is 28.6 Å². The zero-order chi connectivity index (χ0) is 31.0. The standard InChI is InChI=1S/C33H46N4O6/c1-6-23-9-8-10-24(19-23)25-20-28(35-32(40)43-33(3,4)5)30(34-21-25)31(39)37-17-13-27(14-18-37)42-26-11-15-36(16-12-26)22-29(38)41-7-2/h8-10,19-21,26-27H,6-7,11-18,22H2,1-5H3,(H,35,40). The number of hydrogen-bond donors (Lipinski definition) is 1. The molecular formula is C33H46N4O6. The van der Waals surface area contributed by atoms with Gasteiger partial charge in [0, 0.05) is 37.9 Å². The van der Waals surface area contributed by atoms with Crippen LogP contribution in [0.4, 0.5) is 10.5 Å². The first-order valence-corrected chi connectivity index (χ1v) is 15.5. The Labute approximate surface area is 255 Å². The molecule has 2 saturated heterocycles. The number of anilines is 1. The van der Waals surface area contributed by atoms with Crippen LogP contribution in [-0.2, 0) is 25.4 Å². The van der Waals surface area contributed by atoms with Gasteiger partial charge in [0.25, 0.3) is 5.91 Å². The summed E-state index contributed by atoms with van der Waals surface area (Å²) < 4.78 is 16.9. The molecule has 2 aliphatic rings. The molecule has 10 nitrogen and oxygen atoms in total. The van der Waals surface area contributed by atoms with Crippen LogP contribution in [0.15, 0.2) is 36.5 Å². The number of nitrogens with one attached hydrogen (secondary N) is 1. The quantitative estimate of drug-likeness (QED) is 0.389. The molecule has 1 aromatic heterocycles. The maximum Gasteiger partial charge on any atom is 0.412 e. The molecule has 2 aromatic rings. The van der Waals surface area contributed by atoms with Crippen molar-refractivity contribution in [2.75, 3.05) is 44.6 Å². The van der Waals surface area contributed by atoms with E-state index in [-0.39, 0.29) is 29.8 Å². The molecular weight excluding hydrogens is 548 g/mol. The number of likely N-dealkylation sites (tertiary alicyclic amines) is 2. The summed E-state index contributed by atoms with van der Waals surface area (Å²) in [5.41, 5.74) is 2.78. The van der Waals surface area contributed by atoms with Gasteiger partial charge >= 0.3 is 12.1 Å². The van der Waals surface area contributed by atoms with E-state index in [0.29, 0.717) is 31.9 Å². The minimum Gasteiger partial charge on any atom is -0.465 e. The molecule has 0 radical (unpaired) electrons. The van der Waals surface area contributed by atoms with Crippen molar-refractivity contribution in [1.29, 1.82) is 0 Å². The van der Waals surface area contributed by atoms with Crippen molar-refractivity contribution in [3.8, 4) is 11.1 Å². The van der Waals surface area contributed by atoms with Crippen LogP contribution in [-0.4, -0.2) is 89.9 Å². The Morgan fingerprint density at radius 2 is 1.63 bits per heavy atom. The number of aryl methyl sites for hydroxylation is 1. The summed E-state index contributed by atoms with van der Waals surface area (Å²) in [5.74, 6) is -0.413. The van der Waals surface area contributed by atoms with Crippen molar-refractivity contribution in [3.05, 3.63) is 47.8 Å². The maximum atomic E-state index is 13.7. The van der Waals surface area contributed by atoms with E-state index in [1.807, 2.05) is 19.1 Å². The molecule has 0 aliphatic carbocycles. The Balaban J connectivity index is 1.38. The first-order chi connectivity index (χ1) is 20.5. The SMILES string of the molecule is CCOC(=O)CN1CCC(OC2CCN(C(=O)c3ncc(-c4cccc(CC)c4)cc3NC(=O)OC(C)(C)C)CC2)CC1. The van der Waals surface area contributed by atoms with Crippen LogP contribution in [0.1, 0.15) is 76.4 Å². The third-order valence-corrected chi connectivity index (χ3v) is 7.70. The second-order valence-electron chi connectivity index (χ2n) is 12.2. The van der Waals surface area contributed by atoms with Gasteiger partial charge in [0.2, 0.25) is 0 Å². The van der Waals surface area contributed by atoms with Gasteiger partial charge in [0.15, 0.2) is 5.69 Å². The lowest BCUT2D eigenvalue weighted by molar-refractivity contribution is -0.145. The molecule has 0 spiro atoms. The highest BCUT2D eigenvalue weighted by molar-refractivity contribution is 6.01. The van der Waals surface area contributed by atoms with E-state index in [9.17, 15) is 14.4 Å². The van der Waals surface area contributed by atoms with Crippen LogP contribution in [0, 0.1) is 0 Å². The van der Waals surface area contributed by atoms with Gasteiger partial charge in [0.1, 0.15) is 5.60 Å².